The van der Waals surface area contributed by atoms with Crippen molar-refractivity contribution in [1.82, 2.24) is 14.3 Å². The number of aromatic amines is 1. The minimum Gasteiger partial charge on any atom is -0.467 e. The van der Waals surface area contributed by atoms with E-state index in [4.69, 9.17) is 4.74 Å². The van der Waals surface area contributed by atoms with E-state index in [2.05, 4.69) is 10.1 Å². The molecule has 11 nitrogen and oxygen atoms in total. The lowest BCUT2D eigenvalue weighted by Crippen LogP contribution is -2.55. The average molecular weight is 536 g/mol. The predicted molar refractivity (Wildman–Crippen MR) is 142 cm³/mol. The summed E-state index contributed by atoms with van der Waals surface area (Å²) in [7, 11) is 1.16. The van der Waals surface area contributed by atoms with Crippen molar-refractivity contribution in [3.05, 3.63) is 81.6 Å². The maximum absolute atomic E-state index is 14.4. The minimum atomic E-state index is -2.07. The number of H-pyrrole nitrogens is 1. The number of benzene rings is 2. The number of imide groups is 1. The summed E-state index contributed by atoms with van der Waals surface area (Å²) in [5, 5.41) is 2.61. The largest absolute Gasteiger partial charge is 0.467 e. The van der Waals surface area contributed by atoms with Crippen LogP contribution in [0.3, 0.4) is 0 Å². The number of esters is 1. The monoisotopic (exact) mass is 535 g/mol. The molecule has 1 fully saturated rings. The number of amides is 2. The van der Waals surface area contributed by atoms with Gasteiger partial charge in [0.05, 0.1) is 18.5 Å². The van der Waals surface area contributed by atoms with Gasteiger partial charge in [0.2, 0.25) is 11.4 Å². The molecule has 0 aliphatic carbocycles. The van der Waals surface area contributed by atoms with Crippen molar-refractivity contribution < 1.29 is 19.1 Å². The zero-order chi connectivity index (χ0) is 27.0. The van der Waals surface area contributed by atoms with E-state index in [9.17, 15) is 24.0 Å². The van der Waals surface area contributed by atoms with Gasteiger partial charge in [0.15, 0.2) is 6.04 Å². The first-order valence-corrected chi connectivity index (χ1v) is 13.1. The summed E-state index contributed by atoms with van der Waals surface area (Å²) < 4.78 is 6.70. The number of carbonyl (C=O) groups is 3. The van der Waals surface area contributed by atoms with Crippen LogP contribution in [-0.2, 0) is 24.7 Å². The summed E-state index contributed by atoms with van der Waals surface area (Å²) in [6.45, 7) is 2.00. The fourth-order valence-electron chi connectivity index (χ4n) is 4.95. The molecule has 3 atom stereocenters. The van der Waals surface area contributed by atoms with Crippen molar-refractivity contribution in [3.63, 3.8) is 0 Å². The molecule has 5 rings (SSSR count). The van der Waals surface area contributed by atoms with Crippen LogP contribution in [0.5, 0.6) is 0 Å². The number of rotatable bonds is 7. The van der Waals surface area contributed by atoms with E-state index in [-0.39, 0.29) is 16.4 Å². The van der Waals surface area contributed by atoms with Crippen molar-refractivity contribution in [2.45, 2.75) is 31.3 Å². The van der Waals surface area contributed by atoms with Gasteiger partial charge in [0.1, 0.15) is 11.0 Å². The van der Waals surface area contributed by atoms with Gasteiger partial charge >= 0.3 is 17.3 Å². The molecule has 196 valence electrons. The van der Waals surface area contributed by atoms with E-state index in [0.29, 0.717) is 5.75 Å². The van der Waals surface area contributed by atoms with Crippen LogP contribution in [0.15, 0.2) is 75.2 Å². The SMILES string of the molecule is CCCCSC1=N[C@H](C(=O)OC)[C@@H]2C(=O)N(c3ccccc3)C(=O)[C@]12n1[nH]c(=O)n(-c2ccccc2)c1=O. The van der Waals surface area contributed by atoms with Crippen LogP contribution in [0.25, 0.3) is 5.69 Å². The van der Waals surface area contributed by atoms with Crippen molar-refractivity contribution in [2.24, 2.45) is 10.9 Å². The minimum absolute atomic E-state index is 0.103. The molecule has 3 heterocycles. The van der Waals surface area contributed by atoms with Gasteiger partial charge in [-0.25, -0.2) is 33.6 Å². The number of anilines is 1. The van der Waals surface area contributed by atoms with Gasteiger partial charge < -0.3 is 4.74 Å². The number of aliphatic imine (C=N–C) groups is 1. The Hall–Kier alpha value is -4.19. The number of hydrogen-bond acceptors (Lipinski definition) is 8. The Bertz CT molecular complexity index is 1540. The van der Waals surface area contributed by atoms with Crippen LogP contribution < -0.4 is 16.3 Å². The summed E-state index contributed by atoms with van der Waals surface area (Å²) in [5.41, 5.74) is -3.18. The summed E-state index contributed by atoms with van der Waals surface area (Å²) >= 11 is 1.18. The number of nitrogens with zero attached hydrogens (tertiary/aromatic N) is 4. The summed E-state index contributed by atoms with van der Waals surface area (Å²) in [6, 6.07) is 15.1. The standard InChI is InChI=1S/C26H25N5O6S/c1-3-4-15-38-22-26(31-25(36)30(24(35)28-31)17-13-9-6-10-14-17)18(19(27-22)21(33)37-2)20(32)29(23(26)34)16-11-7-5-8-12-16/h5-14,18-19H,3-4,15H2,1-2H3,(H,28,35)/t18-,19+,26-/m1/s1. The van der Waals surface area contributed by atoms with Crippen molar-refractivity contribution >= 4 is 40.3 Å². The molecule has 0 bridgehead atoms. The van der Waals surface area contributed by atoms with Crippen LogP contribution >= 0.6 is 11.8 Å². The van der Waals surface area contributed by atoms with Gasteiger partial charge in [-0.05, 0) is 36.4 Å². The molecule has 2 aliphatic heterocycles. The second-order valence-electron chi connectivity index (χ2n) is 8.87. The first-order valence-electron chi connectivity index (χ1n) is 12.1. The summed E-state index contributed by atoms with van der Waals surface area (Å²) in [4.78, 5) is 73.7. The zero-order valence-electron chi connectivity index (χ0n) is 20.7. The van der Waals surface area contributed by atoms with E-state index < -0.39 is 46.7 Å². The molecule has 1 saturated heterocycles. The molecule has 0 unspecified atom stereocenters. The first kappa shape index (κ1) is 25.5. The second kappa shape index (κ2) is 9.93. The number of nitrogens with one attached hydrogen (secondary N) is 1. The molecule has 0 spiro atoms. The Kier molecular flexibility index (Phi) is 6.66. The highest BCUT2D eigenvalue weighted by atomic mass is 32.2. The maximum Gasteiger partial charge on any atom is 0.353 e. The number of carbonyl (C=O) groups excluding carboxylic acids is 3. The first-order chi connectivity index (χ1) is 18.4. The number of thioether (sulfide) groups is 1. The third-order valence-electron chi connectivity index (χ3n) is 6.72. The smallest absolute Gasteiger partial charge is 0.353 e. The Morgan fingerprint density at radius 2 is 1.66 bits per heavy atom. The van der Waals surface area contributed by atoms with Crippen molar-refractivity contribution in [2.75, 3.05) is 17.8 Å². The summed E-state index contributed by atoms with van der Waals surface area (Å²) in [6.07, 6.45) is 1.61. The maximum atomic E-state index is 14.4. The van der Waals surface area contributed by atoms with Gasteiger partial charge in [0, 0.05) is 0 Å². The molecule has 1 N–H and O–H groups in total. The highest BCUT2D eigenvalue weighted by Crippen LogP contribution is 2.49. The molecule has 2 aromatic carbocycles. The number of para-hydroxylation sites is 2. The van der Waals surface area contributed by atoms with Crippen molar-refractivity contribution in [1.29, 1.82) is 0 Å². The molecule has 2 amide bonds. The average Bonchev–Trinajstić information content (AvgIpc) is 3.51. The van der Waals surface area contributed by atoms with Crippen LogP contribution in [-0.4, -0.2) is 56.1 Å². The lowest BCUT2D eigenvalue weighted by Gasteiger charge is -2.28. The Morgan fingerprint density at radius 3 is 2.26 bits per heavy atom. The molecule has 2 aliphatic rings. The lowest BCUT2D eigenvalue weighted by molar-refractivity contribution is -0.145. The Labute approximate surface area is 221 Å². The molecule has 12 heteroatoms. The van der Waals surface area contributed by atoms with Gasteiger partial charge in [-0.15, -0.1) is 11.8 Å². The predicted octanol–water partition coefficient (Wildman–Crippen LogP) is 1.70. The van der Waals surface area contributed by atoms with E-state index in [1.165, 1.54) is 11.8 Å². The molecule has 0 radical (unpaired) electrons. The molecule has 3 aromatic rings. The Morgan fingerprint density at radius 1 is 1.03 bits per heavy atom. The number of methoxy groups -OCH3 is 1. The highest BCUT2D eigenvalue weighted by Gasteiger charge is 2.72. The molecular weight excluding hydrogens is 510 g/mol. The van der Waals surface area contributed by atoms with E-state index in [1.807, 2.05) is 6.92 Å². The summed E-state index contributed by atoms with van der Waals surface area (Å²) in [5.74, 6) is -3.24. The van der Waals surface area contributed by atoms with E-state index in [1.54, 1.807) is 60.7 Å². The Balaban J connectivity index is 1.79. The molecule has 0 saturated carbocycles. The van der Waals surface area contributed by atoms with Crippen LogP contribution in [0.4, 0.5) is 5.69 Å². The van der Waals surface area contributed by atoms with Gasteiger partial charge in [0.25, 0.3) is 5.91 Å². The zero-order valence-corrected chi connectivity index (χ0v) is 21.5. The van der Waals surface area contributed by atoms with Gasteiger partial charge in [-0.1, -0.05) is 49.7 Å². The number of aromatic nitrogens is 3. The normalized spacial score (nSPS) is 22.5. The van der Waals surface area contributed by atoms with Crippen molar-refractivity contribution in [3.8, 4) is 5.69 Å². The third-order valence-corrected chi connectivity index (χ3v) is 7.90. The third kappa shape index (κ3) is 3.66. The molecule has 38 heavy (non-hydrogen) atoms. The highest BCUT2D eigenvalue weighted by molar-refractivity contribution is 8.14. The fourth-order valence-corrected chi connectivity index (χ4v) is 6.29. The van der Waals surface area contributed by atoms with Crippen LogP contribution in [0.1, 0.15) is 19.8 Å². The fraction of sp³-hybridized carbons (Fsp3) is 0.308. The number of hydrogen-bond donors (Lipinski definition) is 1. The van der Waals surface area contributed by atoms with E-state index >= 15 is 0 Å². The number of ether oxygens (including phenoxy) is 1. The van der Waals surface area contributed by atoms with Gasteiger partial charge in [-0.3, -0.25) is 14.6 Å². The van der Waals surface area contributed by atoms with Crippen LogP contribution in [0.2, 0.25) is 0 Å². The van der Waals surface area contributed by atoms with Crippen LogP contribution in [0, 0.1) is 5.92 Å². The van der Waals surface area contributed by atoms with Gasteiger partial charge in [-0.2, -0.15) is 0 Å². The number of unbranched alkanes of at least 4 members (excludes halogenated alkanes) is 1. The topological polar surface area (TPSA) is 136 Å². The van der Waals surface area contributed by atoms with E-state index in [0.717, 1.165) is 34.1 Å². The lowest BCUT2D eigenvalue weighted by atomic mass is 9.84. The molecule has 1 aromatic heterocycles. The quantitative estimate of drug-likeness (QED) is 0.276. The number of fused-ring (bicyclic) bond motifs is 1. The second-order valence-corrected chi connectivity index (χ2v) is 9.95. The molecular formula is C26H25N5O6S.